The second kappa shape index (κ2) is 12.3. The molecule has 7 aromatic carbocycles. The maximum Gasteiger partial charge on any atom is 0.167 e. The number of fused-ring (bicyclic) bond motifs is 8. The van der Waals surface area contributed by atoms with Crippen molar-refractivity contribution < 1.29 is 4.42 Å². The first-order valence-corrected chi connectivity index (χ1v) is 18.7. The van der Waals surface area contributed by atoms with E-state index in [2.05, 4.69) is 109 Å². The number of pyridine rings is 1. The van der Waals surface area contributed by atoms with Crippen LogP contribution < -0.4 is 0 Å². The topological polar surface area (TPSA) is 64.7 Å². The first-order chi connectivity index (χ1) is 26.7. The molecule has 0 fully saturated rings. The monoisotopic (exact) mass is 708 g/mol. The molecule has 0 N–H and O–H groups in total. The first kappa shape index (κ1) is 30.6. The van der Waals surface area contributed by atoms with E-state index in [1.165, 1.54) is 20.2 Å². The second-order valence-electron chi connectivity index (χ2n) is 13.4. The number of furan rings is 1. The van der Waals surface area contributed by atoms with Crippen LogP contribution in [0.1, 0.15) is 0 Å². The van der Waals surface area contributed by atoms with E-state index < -0.39 is 0 Å². The molecule has 0 radical (unpaired) electrons. The number of hydrogen-bond acceptors (Lipinski definition) is 6. The summed E-state index contributed by atoms with van der Waals surface area (Å²) in [5.74, 6) is 1.78. The van der Waals surface area contributed by atoms with Crippen molar-refractivity contribution >= 4 is 64.4 Å². The van der Waals surface area contributed by atoms with Crippen molar-refractivity contribution in [3.05, 3.63) is 170 Å². The van der Waals surface area contributed by atoms with Crippen LogP contribution >= 0.6 is 11.3 Å². The lowest BCUT2D eigenvalue weighted by Gasteiger charge is -2.10. The Bertz CT molecular complexity index is 3200. The minimum absolute atomic E-state index is 0.568. The van der Waals surface area contributed by atoms with Crippen molar-refractivity contribution in [1.29, 1.82) is 0 Å². The lowest BCUT2D eigenvalue weighted by molar-refractivity contribution is 0.669. The molecule has 0 unspecified atom stereocenters. The zero-order valence-corrected chi connectivity index (χ0v) is 29.6. The molecule has 0 aliphatic heterocycles. The van der Waals surface area contributed by atoms with E-state index in [0.717, 1.165) is 71.9 Å². The van der Waals surface area contributed by atoms with Crippen LogP contribution in [0.25, 0.3) is 110 Å². The van der Waals surface area contributed by atoms with Crippen LogP contribution in [-0.4, -0.2) is 19.9 Å². The minimum Gasteiger partial charge on any atom is -0.455 e. The molecule has 54 heavy (non-hydrogen) atoms. The largest absolute Gasteiger partial charge is 0.455 e. The van der Waals surface area contributed by atoms with Crippen molar-refractivity contribution in [1.82, 2.24) is 19.9 Å². The van der Waals surface area contributed by atoms with Gasteiger partial charge in [-0.3, -0.25) is 0 Å². The number of thiophene rings is 1. The third-order valence-corrected chi connectivity index (χ3v) is 11.4. The molecule has 6 heteroatoms. The van der Waals surface area contributed by atoms with Crippen molar-refractivity contribution in [2.24, 2.45) is 0 Å². The molecule has 5 nitrogen and oxygen atoms in total. The van der Waals surface area contributed by atoms with E-state index in [9.17, 15) is 0 Å². The van der Waals surface area contributed by atoms with Crippen LogP contribution in [0.4, 0.5) is 0 Å². The molecule has 0 aliphatic rings. The summed E-state index contributed by atoms with van der Waals surface area (Å²) in [5, 5.41) is 5.71. The summed E-state index contributed by atoms with van der Waals surface area (Å²) in [6.07, 6.45) is 0. The van der Waals surface area contributed by atoms with Crippen LogP contribution in [-0.2, 0) is 0 Å². The Morgan fingerprint density at radius 2 is 0.926 bits per heavy atom. The average molecular weight is 709 g/mol. The average Bonchev–Trinajstić information content (AvgIpc) is 3.83. The zero-order chi connectivity index (χ0) is 35.6. The number of rotatable bonds is 5. The smallest absolute Gasteiger partial charge is 0.167 e. The third kappa shape index (κ3) is 4.99. The minimum atomic E-state index is 0.568. The Balaban J connectivity index is 0.972. The van der Waals surface area contributed by atoms with Crippen LogP contribution in [0.15, 0.2) is 174 Å². The Kier molecular flexibility index (Phi) is 6.97. The maximum atomic E-state index is 6.38. The molecule has 0 atom stereocenters. The van der Waals surface area contributed by atoms with Crippen molar-refractivity contribution in [3.8, 4) is 56.5 Å². The van der Waals surface area contributed by atoms with E-state index >= 15 is 0 Å². The van der Waals surface area contributed by atoms with Gasteiger partial charge >= 0.3 is 0 Å². The molecule has 0 spiro atoms. The van der Waals surface area contributed by atoms with Gasteiger partial charge in [0.2, 0.25) is 0 Å². The second-order valence-corrected chi connectivity index (χ2v) is 14.4. The van der Waals surface area contributed by atoms with Gasteiger partial charge < -0.3 is 4.42 Å². The Morgan fingerprint density at radius 1 is 0.370 bits per heavy atom. The molecule has 0 amide bonds. The van der Waals surface area contributed by atoms with Gasteiger partial charge in [-0.05, 0) is 29.3 Å². The van der Waals surface area contributed by atoms with Gasteiger partial charge in [0.25, 0.3) is 0 Å². The van der Waals surface area contributed by atoms with Crippen molar-refractivity contribution in [3.63, 3.8) is 0 Å². The third-order valence-electron chi connectivity index (χ3n) is 10.2. The summed E-state index contributed by atoms with van der Waals surface area (Å²) in [4.78, 5) is 20.3. The molecule has 0 aliphatic carbocycles. The zero-order valence-electron chi connectivity index (χ0n) is 28.8. The lowest BCUT2D eigenvalue weighted by Crippen LogP contribution is -2.00. The van der Waals surface area contributed by atoms with Crippen LogP contribution in [0.5, 0.6) is 0 Å². The fourth-order valence-corrected chi connectivity index (χ4v) is 8.68. The maximum absolute atomic E-state index is 6.38. The predicted octanol–water partition coefficient (Wildman–Crippen LogP) is 13.0. The molecular weight excluding hydrogens is 681 g/mol. The molecule has 0 bridgehead atoms. The van der Waals surface area contributed by atoms with E-state index in [-0.39, 0.29) is 0 Å². The van der Waals surface area contributed by atoms with Gasteiger partial charge in [0.15, 0.2) is 17.5 Å². The van der Waals surface area contributed by atoms with Crippen LogP contribution in [0.3, 0.4) is 0 Å². The molecular formula is C48H28N4OS. The number of aromatic nitrogens is 4. The molecule has 0 saturated carbocycles. The van der Waals surface area contributed by atoms with Crippen LogP contribution in [0, 0.1) is 0 Å². The number of para-hydroxylation sites is 2. The molecule has 4 heterocycles. The van der Waals surface area contributed by atoms with Gasteiger partial charge in [0.1, 0.15) is 11.2 Å². The highest BCUT2D eigenvalue weighted by molar-refractivity contribution is 7.26. The molecule has 252 valence electrons. The highest BCUT2D eigenvalue weighted by Gasteiger charge is 2.18. The van der Waals surface area contributed by atoms with E-state index in [1.54, 1.807) is 0 Å². The van der Waals surface area contributed by atoms with Gasteiger partial charge in [-0.2, -0.15) is 0 Å². The van der Waals surface area contributed by atoms with Crippen molar-refractivity contribution in [2.75, 3.05) is 0 Å². The highest BCUT2D eigenvalue weighted by atomic mass is 32.1. The van der Waals surface area contributed by atoms with Gasteiger partial charge in [0, 0.05) is 48.3 Å². The summed E-state index contributed by atoms with van der Waals surface area (Å²) < 4.78 is 8.87. The summed E-state index contributed by atoms with van der Waals surface area (Å²) in [6.45, 7) is 0. The van der Waals surface area contributed by atoms with E-state index in [1.807, 2.05) is 72.0 Å². The molecule has 0 saturated heterocycles. The SMILES string of the molecule is c1ccc(-c2nc(-c3ccc(-c4ccc(-c5nc6c7ccccc7sc6c6ccccc56)cc4)cc3)nc(-c3cccc4c3oc3ccccc34)n2)cc1. The van der Waals surface area contributed by atoms with Gasteiger partial charge in [-0.1, -0.05) is 152 Å². The van der Waals surface area contributed by atoms with E-state index in [0.29, 0.717) is 17.5 Å². The lowest BCUT2D eigenvalue weighted by atomic mass is 9.99. The number of nitrogens with zero attached hydrogens (tertiary/aromatic N) is 4. The Hall–Kier alpha value is -7.02. The summed E-state index contributed by atoms with van der Waals surface area (Å²) in [5.41, 5.74) is 9.63. The molecule has 11 aromatic rings. The summed E-state index contributed by atoms with van der Waals surface area (Å²) in [6, 6.07) is 58.6. The molecule has 11 rings (SSSR count). The van der Waals surface area contributed by atoms with E-state index in [4.69, 9.17) is 24.4 Å². The van der Waals surface area contributed by atoms with Gasteiger partial charge in [-0.15, -0.1) is 11.3 Å². The number of hydrogen-bond donors (Lipinski definition) is 0. The van der Waals surface area contributed by atoms with Gasteiger partial charge in [0.05, 0.1) is 21.5 Å². The number of benzene rings is 7. The standard InChI is InChI=1S/C48H28N4OS/c1-2-11-32(12-3-1)46-50-47(52-48(51-46)39-18-10-17-36-34-13-6-8-19-40(34)53-44(36)39)33-27-23-30(24-28-33)29-21-25-31(26-22-29)42-35-14-4-5-15-37(35)45-43(49-42)38-16-7-9-20-41(38)54-45/h1-28H. The first-order valence-electron chi connectivity index (χ1n) is 17.9. The van der Waals surface area contributed by atoms with Crippen molar-refractivity contribution in [2.45, 2.75) is 0 Å². The fourth-order valence-electron chi connectivity index (χ4n) is 7.50. The quantitative estimate of drug-likeness (QED) is 0.178. The fraction of sp³-hybridized carbons (Fsp3) is 0. The molecule has 4 aromatic heterocycles. The van der Waals surface area contributed by atoms with Gasteiger partial charge in [-0.25, -0.2) is 19.9 Å². The summed E-state index contributed by atoms with van der Waals surface area (Å²) in [7, 11) is 0. The summed E-state index contributed by atoms with van der Waals surface area (Å²) >= 11 is 1.82. The Labute approximate surface area is 313 Å². The highest BCUT2D eigenvalue weighted by Crippen LogP contribution is 2.41. The predicted molar refractivity (Wildman–Crippen MR) is 222 cm³/mol. The van der Waals surface area contributed by atoms with Crippen LogP contribution in [0.2, 0.25) is 0 Å². The Morgan fingerprint density at radius 3 is 1.69 bits per heavy atom. The normalized spacial score (nSPS) is 11.7.